The van der Waals surface area contributed by atoms with Gasteiger partial charge in [-0.2, -0.15) is 0 Å². The van der Waals surface area contributed by atoms with Crippen molar-refractivity contribution in [3.8, 4) is 17.2 Å². The molecular formula is C16H27NO3. The minimum absolute atomic E-state index is 0.493. The molecule has 0 radical (unpaired) electrons. The van der Waals surface area contributed by atoms with Crippen LogP contribution in [0.1, 0.15) is 38.7 Å². The molecule has 1 rings (SSSR count). The first-order valence-corrected chi connectivity index (χ1v) is 7.19. The van der Waals surface area contributed by atoms with Gasteiger partial charge in [-0.05, 0) is 19.4 Å². The molecule has 0 aliphatic rings. The van der Waals surface area contributed by atoms with Crippen LogP contribution < -0.4 is 19.5 Å². The predicted octanol–water partition coefficient (Wildman–Crippen LogP) is 3.38. The van der Waals surface area contributed by atoms with Crippen LogP contribution in [0.4, 0.5) is 0 Å². The van der Waals surface area contributed by atoms with Crippen molar-refractivity contribution in [3.63, 3.8) is 0 Å². The van der Waals surface area contributed by atoms with Gasteiger partial charge < -0.3 is 19.5 Å². The van der Waals surface area contributed by atoms with Crippen LogP contribution >= 0.6 is 0 Å². The molecule has 0 saturated carbocycles. The summed E-state index contributed by atoms with van der Waals surface area (Å²) in [5, 5.41) is 3.52. The largest absolute Gasteiger partial charge is 0.493 e. The van der Waals surface area contributed by atoms with Crippen LogP contribution in [0.3, 0.4) is 0 Å². The second-order valence-corrected chi connectivity index (χ2v) is 4.92. The molecule has 0 amide bonds. The van der Waals surface area contributed by atoms with Gasteiger partial charge in [0.15, 0.2) is 11.5 Å². The van der Waals surface area contributed by atoms with E-state index in [-0.39, 0.29) is 0 Å². The van der Waals surface area contributed by atoms with Gasteiger partial charge in [0.1, 0.15) is 0 Å². The van der Waals surface area contributed by atoms with E-state index in [1.807, 2.05) is 12.1 Å². The lowest BCUT2D eigenvalue weighted by molar-refractivity contribution is 0.321. The third kappa shape index (κ3) is 4.30. The standard InChI is InChI=1S/C16H27NO3/c1-6-7-8-12(2)17-11-13-9-10-14(18-3)16(20-5)15(13)19-4/h9-10,12,17H,6-8,11H2,1-5H3. The van der Waals surface area contributed by atoms with Gasteiger partial charge in [0, 0.05) is 18.2 Å². The van der Waals surface area contributed by atoms with Gasteiger partial charge in [-0.3, -0.25) is 0 Å². The second kappa shape index (κ2) is 8.69. The number of benzene rings is 1. The van der Waals surface area contributed by atoms with E-state index >= 15 is 0 Å². The normalized spacial score (nSPS) is 12.1. The average molecular weight is 281 g/mol. The summed E-state index contributed by atoms with van der Waals surface area (Å²) in [4.78, 5) is 0. The third-order valence-electron chi connectivity index (χ3n) is 3.42. The van der Waals surface area contributed by atoms with Crippen molar-refractivity contribution < 1.29 is 14.2 Å². The average Bonchev–Trinajstić information content (AvgIpc) is 2.49. The van der Waals surface area contributed by atoms with E-state index < -0.39 is 0 Å². The topological polar surface area (TPSA) is 39.7 Å². The van der Waals surface area contributed by atoms with Gasteiger partial charge >= 0.3 is 0 Å². The van der Waals surface area contributed by atoms with Crippen molar-refractivity contribution >= 4 is 0 Å². The number of methoxy groups -OCH3 is 3. The summed E-state index contributed by atoms with van der Waals surface area (Å²) in [6.07, 6.45) is 3.66. The highest BCUT2D eigenvalue weighted by Gasteiger charge is 2.15. The van der Waals surface area contributed by atoms with E-state index in [1.165, 1.54) is 19.3 Å². The van der Waals surface area contributed by atoms with Crippen LogP contribution in [0, 0.1) is 0 Å². The van der Waals surface area contributed by atoms with E-state index in [9.17, 15) is 0 Å². The zero-order valence-corrected chi connectivity index (χ0v) is 13.3. The molecule has 0 heterocycles. The monoisotopic (exact) mass is 281 g/mol. The second-order valence-electron chi connectivity index (χ2n) is 4.92. The number of ether oxygens (including phenoxy) is 3. The van der Waals surface area contributed by atoms with Crippen LogP contribution in [-0.4, -0.2) is 27.4 Å². The molecule has 0 bridgehead atoms. The first-order valence-electron chi connectivity index (χ1n) is 7.19. The van der Waals surface area contributed by atoms with Crippen molar-refractivity contribution in [2.24, 2.45) is 0 Å². The lowest BCUT2D eigenvalue weighted by Crippen LogP contribution is -2.25. The van der Waals surface area contributed by atoms with Crippen LogP contribution in [0.15, 0.2) is 12.1 Å². The van der Waals surface area contributed by atoms with Gasteiger partial charge in [0.25, 0.3) is 0 Å². The molecular weight excluding hydrogens is 254 g/mol. The first-order chi connectivity index (χ1) is 9.67. The summed E-state index contributed by atoms with van der Waals surface area (Å²) in [7, 11) is 4.91. The van der Waals surface area contributed by atoms with Gasteiger partial charge in [-0.25, -0.2) is 0 Å². The molecule has 1 aromatic carbocycles. The Morgan fingerprint density at radius 3 is 2.30 bits per heavy atom. The molecule has 0 aliphatic carbocycles. The maximum atomic E-state index is 5.48. The maximum absolute atomic E-state index is 5.48. The fourth-order valence-corrected chi connectivity index (χ4v) is 2.20. The summed E-state index contributed by atoms with van der Waals surface area (Å²) in [6.45, 7) is 5.18. The lowest BCUT2D eigenvalue weighted by Gasteiger charge is -2.18. The summed E-state index contributed by atoms with van der Waals surface area (Å²) in [5.41, 5.74) is 1.08. The Morgan fingerprint density at radius 1 is 1.05 bits per heavy atom. The Bertz CT molecular complexity index is 407. The smallest absolute Gasteiger partial charge is 0.203 e. The van der Waals surface area contributed by atoms with Crippen molar-refractivity contribution in [2.45, 2.75) is 45.7 Å². The number of nitrogens with one attached hydrogen (secondary N) is 1. The SMILES string of the molecule is CCCCC(C)NCc1ccc(OC)c(OC)c1OC. The minimum Gasteiger partial charge on any atom is -0.493 e. The molecule has 4 nitrogen and oxygen atoms in total. The molecule has 0 aromatic heterocycles. The Morgan fingerprint density at radius 2 is 1.75 bits per heavy atom. The highest BCUT2D eigenvalue weighted by molar-refractivity contribution is 5.55. The van der Waals surface area contributed by atoms with Crippen molar-refractivity contribution in [2.75, 3.05) is 21.3 Å². The van der Waals surface area contributed by atoms with E-state index in [0.717, 1.165) is 17.9 Å². The van der Waals surface area contributed by atoms with Gasteiger partial charge in [-0.15, -0.1) is 0 Å². The van der Waals surface area contributed by atoms with Crippen molar-refractivity contribution in [1.82, 2.24) is 5.32 Å². The summed E-state index contributed by atoms with van der Waals surface area (Å²) in [6, 6.07) is 4.42. The molecule has 0 aliphatic heterocycles. The van der Waals surface area contributed by atoms with Gasteiger partial charge in [-0.1, -0.05) is 25.8 Å². The molecule has 1 unspecified atom stereocenters. The summed E-state index contributed by atoms with van der Waals surface area (Å²) >= 11 is 0. The maximum Gasteiger partial charge on any atom is 0.203 e. The fraction of sp³-hybridized carbons (Fsp3) is 0.625. The van der Waals surface area contributed by atoms with E-state index in [4.69, 9.17) is 14.2 Å². The Labute approximate surface area is 122 Å². The number of hydrogen-bond acceptors (Lipinski definition) is 4. The lowest BCUT2D eigenvalue weighted by atomic mass is 10.1. The molecule has 0 spiro atoms. The molecule has 0 fully saturated rings. The first kappa shape index (κ1) is 16.6. The number of rotatable bonds is 9. The van der Waals surface area contributed by atoms with Gasteiger partial charge in [0.05, 0.1) is 21.3 Å². The minimum atomic E-state index is 0.493. The summed E-state index contributed by atoms with van der Waals surface area (Å²) in [5.74, 6) is 2.07. The van der Waals surface area contributed by atoms with E-state index in [2.05, 4.69) is 19.2 Å². The Kier molecular flexibility index (Phi) is 7.23. The quantitative estimate of drug-likeness (QED) is 0.753. The van der Waals surface area contributed by atoms with E-state index in [0.29, 0.717) is 17.5 Å². The molecule has 1 atom stereocenters. The highest BCUT2D eigenvalue weighted by atomic mass is 16.5. The zero-order valence-electron chi connectivity index (χ0n) is 13.3. The van der Waals surface area contributed by atoms with Crippen molar-refractivity contribution in [3.05, 3.63) is 17.7 Å². The Hall–Kier alpha value is -1.42. The number of unbranched alkanes of at least 4 members (excludes halogenated alkanes) is 1. The van der Waals surface area contributed by atoms with Crippen LogP contribution in [0.25, 0.3) is 0 Å². The van der Waals surface area contributed by atoms with Crippen LogP contribution in [0.2, 0.25) is 0 Å². The Balaban J connectivity index is 2.79. The van der Waals surface area contributed by atoms with Crippen LogP contribution in [-0.2, 0) is 6.54 Å². The zero-order chi connectivity index (χ0) is 15.0. The van der Waals surface area contributed by atoms with Gasteiger partial charge in [0.2, 0.25) is 5.75 Å². The number of hydrogen-bond donors (Lipinski definition) is 1. The molecule has 20 heavy (non-hydrogen) atoms. The third-order valence-corrected chi connectivity index (χ3v) is 3.42. The molecule has 1 N–H and O–H groups in total. The molecule has 114 valence electrons. The fourth-order valence-electron chi connectivity index (χ4n) is 2.20. The summed E-state index contributed by atoms with van der Waals surface area (Å²) < 4.78 is 16.2. The van der Waals surface area contributed by atoms with Crippen molar-refractivity contribution in [1.29, 1.82) is 0 Å². The van der Waals surface area contributed by atoms with Crippen LogP contribution in [0.5, 0.6) is 17.2 Å². The predicted molar refractivity (Wildman–Crippen MR) is 81.9 cm³/mol. The molecule has 4 heteroatoms. The van der Waals surface area contributed by atoms with E-state index in [1.54, 1.807) is 21.3 Å². The molecule has 0 saturated heterocycles. The molecule has 1 aromatic rings. The highest BCUT2D eigenvalue weighted by Crippen LogP contribution is 2.39.